The van der Waals surface area contributed by atoms with E-state index in [-0.39, 0.29) is 12.6 Å². The molecule has 0 unspecified atom stereocenters. The highest BCUT2D eigenvalue weighted by Crippen LogP contribution is 2.21. The number of amides is 1. The van der Waals surface area contributed by atoms with Crippen molar-refractivity contribution >= 4 is 12.1 Å². The Morgan fingerprint density at radius 2 is 2.21 bits per heavy atom. The number of carbonyl (C=O) groups is 2. The second-order valence-corrected chi connectivity index (χ2v) is 7.01. The van der Waals surface area contributed by atoms with Gasteiger partial charge in [0.1, 0.15) is 5.60 Å². The molecule has 1 aliphatic rings. The third-order valence-electron chi connectivity index (χ3n) is 3.87. The highest BCUT2D eigenvalue weighted by molar-refractivity contribution is 5.74. The fourth-order valence-corrected chi connectivity index (χ4v) is 2.69. The van der Waals surface area contributed by atoms with Crippen LogP contribution in [0.25, 0.3) is 0 Å². The maximum absolute atomic E-state index is 12.2. The van der Waals surface area contributed by atoms with Crippen LogP contribution in [-0.2, 0) is 16.1 Å². The molecule has 0 bridgehead atoms. The molecule has 0 saturated carbocycles. The highest BCUT2D eigenvalue weighted by atomic mass is 16.6. The normalized spacial score (nSPS) is 21.4. The maximum atomic E-state index is 12.2. The van der Waals surface area contributed by atoms with Crippen molar-refractivity contribution < 1.29 is 19.4 Å². The number of pyridine rings is 1. The number of hydrogen-bond acceptors (Lipinski definition) is 5. The lowest BCUT2D eigenvalue weighted by atomic mass is 9.92. The van der Waals surface area contributed by atoms with Gasteiger partial charge in [0.2, 0.25) is 0 Å². The molecule has 1 amide bonds. The Labute approximate surface area is 142 Å². The number of nitrogens with one attached hydrogen (secondary N) is 1. The van der Waals surface area contributed by atoms with Crippen LogP contribution in [0.3, 0.4) is 0 Å². The average Bonchev–Trinajstić information content (AvgIpc) is 2.52. The minimum atomic E-state index is -0.910. The van der Waals surface area contributed by atoms with Crippen LogP contribution >= 0.6 is 0 Å². The monoisotopic (exact) mass is 335 g/mol. The van der Waals surface area contributed by atoms with Gasteiger partial charge in [0.15, 0.2) is 0 Å². The summed E-state index contributed by atoms with van der Waals surface area (Å²) in [4.78, 5) is 29.3. The van der Waals surface area contributed by atoms with Crippen LogP contribution < -0.4 is 5.32 Å². The molecule has 2 atom stereocenters. The molecule has 1 saturated heterocycles. The molecule has 132 valence electrons. The Kier molecular flexibility index (Phi) is 5.77. The molecule has 1 aromatic heterocycles. The van der Waals surface area contributed by atoms with E-state index in [9.17, 15) is 14.7 Å². The quantitative estimate of drug-likeness (QED) is 0.873. The summed E-state index contributed by atoms with van der Waals surface area (Å²) in [5.74, 6) is -1.57. The third-order valence-corrected chi connectivity index (χ3v) is 3.87. The van der Waals surface area contributed by atoms with Crippen molar-refractivity contribution in [2.75, 3.05) is 13.1 Å². The zero-order chi connectivity index (χ0) is 17.7. The lowest BCUT2D eigenvalue weighted by Gasteiger charge is -2.37. The van der Waals surface area contributed by atoms with Crippen molar-refractivity contribution in [2.24, 2.45) is 5.92 Å². The number of aromatic nitrogens is 1. The van der Waals surface area contributed by atoms with Gasteiger partial charge < -0.3 is 20.1 Å². The van der Waals surface area contributed by atoms with E-state index < -0.39 is 23.6 Å². The smallest absolute Gasteiger partial charge is 0.410 e. The van der Waals surface area contributed by atoms with Crippen LogP contribution in [0, 0.1) is 5.92 Å². The zero-order valence-electron chi connectivity index (χ0n) is 14.4. The van der Waals surface area contributed by atoms with E-state index >= 15 is 0 Å². The molecule has 0 aromatic carbocycles. The lowest BCUT2D eigenvalue weighted by Crippen LogP contribution is -2.54. The third kappa shape index (κ3) is 5.19. The Morgan fingerprint density at radius 3 is 2.79 bits per heavy atom. The van der Waals surface area contributed by atoms with Crippen molar-refractivity contribution in [3.63, 3.8) is 0 Å². The Bertz CT molecular complexity index is 571. The Hall–Kier alpha value is -2.15. The van der Waals surface area contributed by atoms with Gasteiger partial charge >= 0.3 is 12.1 Å². The van der Waals surface area contributed by atoms with Crippen molar-refractivity contribution in [2.45, 2.75) is 45.4 Å². The predicted octanol–water partition coefficient (Wildman–Crippen LogP) is 1.88. The van der Waals surface area contributed by atoms with E-state index in [1.54, 1.807) is 33.2 Å². The lowest BCUT2D eigenvalue weighted by molar-refractivity contribution is -0.144. The molecule has 2 rings (SSSR count). The number of carboxylic acids is 1. The fourth-order valence-electron chi connectivity index (χ4n) is 2.69. The number of aliphatic carboxylic acids is 1. The second-order valence-electron chi connectivity index (χ2n) is 7.01. The molecule has 24 heavy (non-hydrogen) atoms. The molecular formula is C17H25N3O4. The van der Waals surface area contributed by atoms with Gasteiger partial charge in [0, 0.05) is 38.1 Å². The van der Waals surface area contributed by atoms with Crippen LogP contribution in [0.2, 0.25) is 0 Å². The first-order valence-corrected chi connectivity index (χ1v) is 8.09. The Morgan fingerprint density at radius 1 is 1.46 bits per heavy atom. The highest BCUT2D eigenvalue weighted by Gasteiger charge is 2.37. The average molecular weight is 335 g/mol. The van der Waals surface area contributed by atoms with E-state index in [0.717, 1.165) is 5.56 Å². The number of rotatable bonds is 4. The summed E-state index contributed by atoms with van der Waals surface area (Å²) >= 11 is 0. The van der Waals surface area contributed by atoms with Crippen molar-refractivity contribution in [1.82, 2.24) is 15.2 Å². The van der Waals surface area contributed by atoms with E-state index in [4.69, 9.17) is 4.74 Å². The second kappa shape index (κ2) is 7.61. The van der Waals surface area contributed by atoms with Crippen LogP contribution in [0.4, 0.5) is 4.79 Å². The van der Waals surface area contributed by atoms with E-state index in [1.807, 2.05) is 12.1 Å². The van der Waals surface area contributed by atoms with Gasteiger partial charge in [-0.15, -0.1) is 0 Å². The summed E-state index contributed by atoms with van der Waals surface area (Å²) < 4.78 is 5.34. The van der Waals surface area contributed by atoms with Gasteiger partial charge in [0.25, 0.3) is 0 Å². The summed E-state index contributed by atoms with van der Waals surface area (Å²) in [5, 5.41) is 12.8. The number of piperidine rings is 1. The molecule has 0 radical (unpaired) electrons. The minimum absolute atomic E-state index is 0.148. The number of likely N-dealkylation sites (tertiary alicyclic amines) is 1. The van der Waals surface area contributed by atoms with Crippen LogP contribution in [-0.4, -0.2) is 51.8 Å². The number of nitrogens with zero attached hydrogens (tertiary/aromatic N) is 2. The molecule has 1 fully saturated rings. The number of hydrogen-bond donors (Lipinski definition) is 2. The first-order valence-electron chi connectivity index (χ1n) is 8.09. The minimum Gasteiger partial charge on any atom is -0.481 e. The number of carboxylic acid groups (broad SMARTS) is 1. The number of ether oxygens (including phenoxy) is 1. The summed E-state index contributed by atoms with van der Waals surface area (Å²) in [6, 6.07) is 3.59. The Balaban J connectivity index is 1.95. The fraction of sp³-hybridized carbons (Fsp3) is 0.588. The van der Waals surface area contributed by atoms with E-state index in [0.29, 0.717) is 19.5 Å². The topological polar surface area (TPSA) is 91.8 Å². The molecule has 2 heterocycles. The maximum Gasteiger partial charge on any atom is 0.410 e. The summed E-state index contributed by atoms with van der Waals surface area (Å²) in [5.41, 5.74) is 0.404. The van der Waals surface area contributed by atoms with Gasteiger partial charge in [-0.3, -0.25) is 9.78 Å². The summed E-state index contributed by atoms with van der Waals surface area (Å²) in [6.45, 7) is 6.55. The zero-order valence-corrected chi connectivity index (χ0v) is 14.4. The SMILES string of the molecule is CC(C)(C)OC(=O)N1CC[C@H](NCc2cccnc2)[C@H](C(=O)O)C1. The summed E-state index contributed by atoms with van der Waals surface area (Å²) in [6.07, 6.45) is 3.55. The molecule has 2 N–H and O–H groups in total. The largest absolute Gasteiger partial charge is 0.481 e. The standard InChI is InChI=1S/C17H25N3O4/c1-17(2,3)24-16(23)20-8-6-14(13(11-20)15(21)22)19-10-12-5-4-7-18-9-12/h4-5,7,9,13-14,19H,6,8,10-11H2,1-3H3,(H,21,22)/t13-,14+/m1/s1. The predicted molar refractivity (Wildman–Crippen MR) is 88.4 cm³/mol. The molecule has 0 aliphatic carbocycles. The van der Waals surface area contributed by atoms with Crippen LogP contribution in [0.15, 0.2) is 24.5 Å². The van der Waals surface area contributed by atoms with Gasteiger partial charge in [-0.25, -0.2) is 4.79 Å². The van der Waals surface area contributed by atoms with Gasteiger partial charge in [-0.1, -0.05) is 6.07 Å². The first-order chi connectivity index (χ1) is 11.3. The van der Waals surface area contributed by atoms with Crippen LogP contribution in [0.5, 0.6) is 0 Å². The summed E-state index contributed by atoms with van der Waals surface area (Å²) in [7, 11) is 0. The van der Waals surface area contributed by atoms with Crippen LogP contribution in [0.1, 0.15) is 32.8 Å². The molecule has 7 nitrogen and oxygen atoms in total. The molecule has 1 aromatic rings. The van der Waals surface area contributed by atoms with Crippen molar-refractivity contribution in [3.8, 4) is 0 Å². The number of carbonyl (C=O) groups excluding carboxylic acids is 1. The van der Waals surface area contributed by atoms with E-state index in [1.165, 1.54) is 4.90 Å². The molecule has 7 heteroatoms. The van der Waals surface area contributed by atoms with Gasteiger partial charge in [0.05, 0.1) is 5.92 Å². The molecule has 1 aliphatic heterocycles. The first kappa shape index (κ1) is 18.2. The van der Waals surface area contributed by atoms with E-state index in [2.05, 4.69) is 10.3 Å². The molecule has 0 spiro atoms. The van der Waals surface area contributed by atoms with Crippen molar-refractivity contribution in [1.29, 1.82) is 0 Å². The van der Waals surface area contributed by atoms with Crippen molar-refractivity contribution in [3.05, 3.63) is 30.1 Å². The molecular weight excluding hydrogens is 310 g/mol. The van der Waals surface area contributed by atoms with Gasteiger partial charge in [-0.05, 0) is 38.8 Å². The van der Waals surface area contributed by atoms with Gasteiger partial charge in [-0.2, -0.15) is 0 Å².